The van der Waals surface area contributed by atoms with Gasteiger partial charge in [-0.15, -0.1) is 0 Å². The molecule has 0 radical (unpaired) electrons. The summed E-state index contributed by atoms with van der Waals surface area (Å²) in [5, 5.41) is 8.32. The monoisotopic (exact) mass is 424 g/mol. The largest absolute Gasteiger partial charge is 0.373 e. The molecule has 3 heterocycles. The van der Waals surface area contributed by atoms with Crippen LogP contribution in [0.4, 0.5) is 0 Å². The van der Waals surface area contributed by atoms with E-state index in [1.165, 1.54) is 22.5 Å². The van der Waals surface area contributed by atoms with Gasteiger partial charge in [0.2, 0.25) is 0 Å². The van der Waals surface area contributed by atoms with E-state index in [-0.39, 0.29) is 6.10 Å². The number of hydrogen-bond donors (Lipinski definition) is 1. The number of aryl methyl sites for hydroxylation is 2. The lowest BCUT2D eigenvalue weighted by molar-refractivity contribution is -0.0502. The summed E-state index contributed by atoms with van der Waals surface area (Å²) in [4.78, 5) is 9.53. The minimum atomic E-state index is 0.229. The Bertz CT molecular complexity index is 893. The maximum atomic E-state index is 6.15. The van der Waals surface area contributed by atoms with Crippen LogP contribution in [0.5, 0.6) is 0 Å². The van der Waals surface area contributed by atoms with Crippen molar-refractivity contribution in [1.82, 2.24) is 24.9 Å². The van der Waals surface area contributed by atoms with Gasteiger partial charge in [-0.1, -0.05) is 44.2 Å². The SMILES string of the molecule is CCc1nn(C)c(CC)c1CNC(=NC)N1CC2OCCN(Cc3ccccc3)C2C1. The lowest BCUT2D eigenvalue weighted by atomic mass is 10.1. The number of benzene rings is 1. The van der Waals surface area contributed by atoms with Crippen molar-refractivity contribution in [2.45, 2.75) is 51.9 Å². The zero-order valence-corrected chi connectivity index (χ0v) is 19.3. The van der Waals surface area contributed by atoms with Crippen LogP contribution in [-0.2, 0) is 37.7 Å². The summed E-state index contributed by atoms with van der Waals surface area (Å²) in [6, 6.07) is 11.1. The van der Waals surface area contributed by atoms with E-state index in [4.69, 9.17) is 9.84 Å². The molecule has 0 bridgehead atoms. The number of nitrogens with one attached hydrogen (secondary N) is 1. The first-order chi connectivity index (χ1) is 15.1. The van der Waals surface area contributed by atoms with Gasteiger partial charge in [-0.05, 0) is 18.4 Å². The molecule has 2 saturated heterocycles. The molecule has 7 heteroatoms. The topological polar surface area (TPSA) is 57.9 Å². The van der Waals surface area contributed by atoms with Crippen molar-refractivity contribution in [2.24, 2.45) is 12.0 Å². The van der Waals surface area contributed by atoms with E-state index in [0.717, 1.165) is 58.1 Å². The predicted octanol–water partition coefficient (Wildman–Crippen LogP) is 2.21. The molecule has 168 valence electrons. The quantitative estimate of drug-likeness (QED) is 0.569. The fourth-order valence-electron chi connectivity index (χ4n) is 5.04. The Labute approximate surface area is 186 Å². The average molecular weight is 425 g/mol. The molecule has 2 unspecified atom stereocenters. The number of ether oxygens (including phenoxy) is 1. The van der Waals surface area contributed by atoms with E-state index in [9.17, 15) is 0 Å². The standard InChI is InChI=1S/C24H36N6O/c1-5-20-19(21(6-2)28(4)27-20)14-26-24(25-3)30-16-22-23(17-30)31-13-12-29(22)15-18-10-8-7-9-11-18/h7-11,22-23H,5-6,12-17H2,1-4H3,(H,25,26). The summed E-state index contributed by atoms with van der Waals surface area (Å²) in [5.41, 5.74) is 5.15. The number of likely N-dealkylation sites (tertiary alicyclic amines) is 1. The number of fused-ring (bicyclic) bond motifs is 1. The molecule has 1 aromatic carbocycles. The van der Waals surface area contributed by atoms with Crippen LogP contribution in [0.1, 0.15) is 36.4 Å². The van der Waals surface area contributed by atoms with Crippen LogP contribution < -0.4 is 5.32 Å². The van der Waals surface area contributed by atoms with Crippen molar-refractivity contribution in [3.05, 3.63) is 52.8 Å². The third kappa shape index (κ3) is 4.62. The van der Waals surface area contributed by atoms with E-state index in [0.29, 0.717) is 6.04 Å². The van der Waals surface area contributed by atoms with Gasteiger partial charge in [0.05, 0.1) is 24.4 Å². The van der Waals surface area contributed by atoms with Gasteiger partial charge >= 0.3 is 0 Å². The molecule has 0 saturated carbocycles. The fourth-order valence-corrected chi connectivity index (χ4v) is 5.04. The van der Waals surface area contributed by atoms with Gasteiger partial charge in [-0.25, -0.2) is 0 Å². The number of guanidine groups is 1. The molecule has 2 aliphatic rings. The van der Waals surface area contributed by atoms with E-state index in [2.05, 4.69) is 64.3 Å². The van der Waals surface area contributed by atoms with Crippen molar-refractivity contribution in [3.8, 4) is 0 Å². The number of aliphatic imine (C=N–C) groups is 1. The molecule has 2 aromatic rings. The van der Waals surface area contributed by atoms with Gasteiger partial charge in [-0.2, -0.15) is 5.10 Å². The Kier molecular flexibility index (Phi) is 6.92. The lowest BCUT2D eigenvalue weighted by Gasteiger charge is -2.36. The van der Waals surface area contributed by atoms with Crippen LogP contribution in [0.25, 0.3) is 0 Å². The molecule has 7 nitrogen and oxygen atoms in total. The molecular weight excluding hydrogens is 388 g/mol. The van der Waals surface area contributed by atoms with Crippen molar-refractivity contribution < 1.29 is 4.74 Å². The van der Waals surface area contributed by atoms with Crippen LogP contribution in [0, 0.1) is 0 Å². The van der Waals surface area contributed by atoms with Gasteiger partial charge in [0.15, 0.2) is 5.96 Å². The molecule has 0 amide bonds. The van der Waals surface area contributed by atoms with E-state index < -0.39 is 0 Å². The normalized spacial score (nSPS) is 22.1. The summed E-state index contributed by atoms with van der Waals surface area (Å²) in [5.74, 6) is 0.950. The highest BCUT2D eigenvalue weighted by Crippen LogP contribution is 2.25. The molecule has 4 rings (SSSR count). The van der Waals surface area contributed by atoms with Crippen molar-refractivity contribution in [3.63, 3.8) is 0 Å². The molecule has 2 atom stereocenters. The molecule has 0 spiro atoms. The Morgan fingerprint density at radius 1 is 1.19 bits per heavy atom. The van der Waals surface area contributed by atoms with Gasteiger partial charge < -0.3 is 15.0 Å². The minimum Gasteiger partial charge on any atom is -0.373 e. The highest BCUT2D eigenvalue weighted by molar-refractivity contribution is 5.80. The van der Waals surface area contributed by atoms with Gasteiger partial charge in [-0.3, -0.25) is 14.6 Å². The average Bonchev–Trinajstić information content (AvgIpc) is 3.36. The third-order valence-corrected chi connectivity index (χ3v) is 6.61. The summed E-state index contributed by atoms with van der Waals surface area (Å²) in [7, 11) is 3.91. The summed E-state index contributed by atoms with van der Waals surface area (Å²) in [6.07, 6.45) is 2.15. The molecule has 2 aliphatic heterocycles. The van der Waals surface area contributed by atoms with Gasteiger partial charge in [0, 0.05) is 58.1 Å². The maximum Gasteiger partial charge on any atom is 0.194 e. The number of hydrogen-bond acceptors (Lipinski definition) is 4. The summed E-state index contributed by atoms with van der Waals surface area (Å²) < 4.78 is 8.18. The van der Waals surface area contributed by atoms with Crippen molar-refractivity contribution >= 4 is 5.96 Å². The smallest absolute Gasteiger partial charge is 0.194 e. The second kappa shape index (κ2) is 9.83. The number of rotatable bonds is 6. The van der Waals surface area contributed by atoms with E-state index in [1.807, 2.05) is 18.8 Å². The first-order valence-corrected chi connectivity index (χ1v) is 11.5. The molecule has 1 aromatic heterocycles. The Balaban J connectivity index is 1.42. The second-order valence-electron chi connectivity index (χ2n) is 8.44. The number of aromatic nitrogens is 2. The first kappa shape index (κ1) is 21.8. The first-order valence-electron chi connectivity index (χ1n) is 11.5. The van der Waals surface area contributed by atoms with Gasteiger partial charge in [0.1, 0.15) is 0 Å². The molecule has 31 heavy (non-hydrogen) atoms. The maximum absolute atomic E-state index is 6.15. The van der Waals surface area contributed by atoms with Crippen LogP contribution >= 0.6 is 0 Å². The van der Waals surface area contributed by atoms with Crippen LogP contribution in [0.15, 0.2) is 35.3 Å². The second-order valence-corrected chi connectivity index (χ2v) is 8.44. The van der Waals surface area contributed by atoms with E-state index in [1.54, 1.807) is 0 Å². The number of morpholine rings is 1. The van der Waals surface area contributed by atoms with Crippen molar-refractivity contribution in [1.29, 1.82) is 0 Å². The summed E-state index contributed by atoms with van der Waals surface area (Å²) >= 11 is 0. The lowest BCUT2D eigenvalue weighted by Crippen LogP contribution is -2.50. The fraction of sp³-hybridized carbons (Fsp3) is 0.583. The molecule has 0 aliphatic carbocycles. The van der Waals surface area contributed by atoms with Crippen molar-refractivity contribution in [2.75, 3.05) is 33.3 Å². The zero-order chi connectivity index (χ0) is 21.8. The van der Waals surface area contributed by atoms with Crippen LogP contribution in [-0.4, -0.2) is 71.0 Å². The Morgan fingerprint density at radius 3 is 2.71 bits per heavy atom. The highest BCUT2D eigenvalue weighted by atomic mass is 16.5. The molecule has 2 fully saturated rings. The highest BCUT2D eigenvalue weighted by Gasteiger charge is 2.41. The number of nitrogens with zero attached hydrogens (tertiary/aromatic N) is 5. The van der Waals surface area contributed by atoms with Crippen LogP contribution in [0.3, 0.4) is 0 Å². The molecular formula is C24H36N6O. The minimum absolute atomic E-state index is 0.229. The van der Waals surface area contributed by atoms with Crippen LogP contribution in [0.2, 0.25) is 0 Å². The Morgan fingerprint density at radius 2 is 2.00 bits per heavy atom. The van der Waals surface area contributed by atoms with Gasteiger partial charge in [0.25, 0.3) is 0 Å². The Hall–Kier alpha value is -2.38. The zero-order valence-electron chi connectivity index (χ0n) is 19.3. The summed E-state index contributed by atoms with van der Waals surface area (Å²) in [6.45, 7) is 9.68. The predicted molar refractivity (Wildman–Crippen MR) is 124 cm³/mol. The third-order valence-electron chi connectivity index (χ3n) is 6.61. The molecule has 1 N–H and O–H groups in total. The van der Waals surface area contributed by atoms with E-state index >= 15 is 0 Å².